The smallest absolute Gasteiger partial charge is 0.183 e. The number of rotatable bonds is 16. The molecule has 0 aromatic carbocycles. The fraction of sp³-hybridized carbons (Fsp3) is 1.00. The van der Waals surface area contributed by atoms with Crippen LogP contribution in [0.3, 0.4) is 0 Å². The summed E-state index contributed by atoms with van der Waals surface area (Å²) < 4.78 is 5.11. The quantitative estimate of drug-likeness (QED) is 0.171. The Bertz CT molecular complexity index is 282. The normalized spacial score (nSPS) is 18.1. The van der Waals surface area contributed by atoms with Crippen molar-refractivity contribution in [2.45, 2.75) is 82.9 Å². The topological polar surface area (TPSA) is 136 Å². The van der Waals surface area contributed by atoms with Crippen molar-refractivity contribution in [2.75, 3.05) is 19.8 Å². The van der Waals surface area contributed by atoms with Gasteiger partial charge >= 0.3 is 0 Å². The van der Waals surface area contributed by atoms with Gasteiger partial charge in [0.2, 0.25) is 0 Å². The highest BCUT2D eigenvalue weighted by molar-refractivity contribution is 4.80. The van der Waals surface area contributed by atoms with E-state index in [1.54, 1.807) is 0 Å². The van der Waals surface area contributed by atoms with Gasteiger partial charge in [-0.3, -0.25) is 0 Å². The number of unbranched alkanes of at least 4 members (excludes halogenated alkanes) is 7. The van der Waals surface area contributed by atoms with Crippen molar-refractivity contribution >= 4 is 0 Å². The summed E-state index contributed by atoms with van der Waals surface area (Å²) in [7, 11) is 0. The molecule has 0 bridgehead atoms. The van der Waals surface area contributed by atoms with E-state index in [1.165, 1.54) is 32.6 Å². The molecule has 0 spiro atoms. The van der Waals surface area contributed by atoms with Gasteiger partial charge in [0, 0.05) is 19.1 Å². The summed E-state index contributed by atoms with van der Waals surface area (Å²) in [6.07, 6.45) is 2.62. The minimum Gasteiger partial charge on any atom is -0.396 e. The minimum atomic E-state index is -1.61. The van der Waals surface area contributed by atoms with Crippen molar-refractivity contribution in [2.24, 2.45) is 11.7 Å². The molecule has 0 aliphatic heterocycles. The Morgan fingerprint density at radius 2 is 1.25 bits per heavy atom. The zero-order valence-electron chi connectivity index (χ0n) is 14.9. The molecule has 5 unspecified atom stereocenters. The average Bonchev–Trinajstić information content (AvgIpc) is 2.60. The van der Waals surface area contributed by atoms with E-state index in [1.807, 2.05) is 0 Å². The molecule has 0 rings (SSSR count). The van der Waals surface area contributed by atoms with Gasteiger partial charge in [0.1, 0.15) is 12.2 Å². The number of ether oxygens (including phenoxy) is 1. The first-order valence-corrected chi connectivity index (χ1v) is 9.10. The van der Waals surface area contributed by atoms with Crippen LogP contribution in [-0.2, 0) is 4.74 Å². The maximum absolute atomic E-state index is 9.77. The third kappa shape index (κ3) is 10.6. The van der Waals surface area contributed by atoms with E-state index in [0.717, 1.165) is 32.2 Å². The van der Waals surface area contributed by atoms with Crippen LogP contribution in [0.5, 0.6) is 0 Å². The van der Waals surface area contributed by atoms with Crippen molar-refractivity contribution in [3.63, 3.8) is 0 Å². The van der Waals surface area contributed by atoms with E-state index >= 15 is 0 Å². The molecule has 7 nitrogen and oxygen atoms in total. The van der Waals surface area contributed by atoms with Crippen LogP contribution in [0.2, 0.25) is 0 Å². The number of hydrogen-bond donors (Lipinski definition) is 6. The zero-order valence-corrected chi connectivity index (χ0v) is 14.9. The first-order valence-electron chi connectivity index (χ1n) is 9.10. The summed E-state index contributed by atoms with van der Waals surface area (Å²) in [5, 5.41) is 47.9. The molecule has 0 aliphatic carbocycles. The number of hydrogen-bond acceptors (Lipinski definition) is 7. The second-order valence-corrected chi connectivity index (χ2v) is 6.51. The van der Waals surface area contributed by atoms with E-state index in [4.69, 9.17) is 15.6 Å². The summed E-state index contributed by atoms with van der Waals surface area (Å²) in [4.78, 5) is 0. The van der Waals surface area contributed by atoms with Crippen LogP contribution in [0, 0.1) is 5.92 Å². The summed E-state index contributed by atoms with van der Waals surface area (Å²) in [5.74, 6) is -0.605. The van der Waals surface area contributed by atoms with Gasteiger partial charge in [-0.1, -0.05) is 45.4 Å². The first kappa shape index (κ1) is 23.7. The molecule has 5 atom stereocenters. The molecule has 7 heteroatoms. The molecule has 24 heavy (non-hydrogen) atoms. The van der Waals surface area contributed by atoms with Gasteiger partial charge in [-0.05, 0) is 19.4 Å². The van der Waals surface area contributed by atoms with Crippen molar-refractivity contribution in [1.29, 1.82) is 0 Å². The molecule has 0 aromatic heterocycles. The highest BCUT2D eigenvalue weighted by Crippen LogP contribution is 2.14. The molecule has 0 fully saturated rings. The Balaban J connectivity index is 3.68. The van der Waals surface area contributed by atoms with Crippen LogP contribution in [0.15, 0.2) is 0 Å². The molecule has 0 saturated heterocycles. The molecule has 7 N–H and O–H groups in total. The molecule has 0 aromatic rings. The van der Waals surface area contributed by atoms with E-state index in [2.05, 4.69) is 0 Å². The number of aliphatic hydroxyl groups excluding tert-OH is 5. The Morgan fingerprint density at radius 3 is 1.75 bits per heavy atom. The van der Waals surface area contributed by atoms with Gasteiger partial charge in [-0.15, -0.1) is 0 Å². The van der Waals surface area contributed by atoms with Crippen molar-refractivity contribution in [1.82, 2.24) is 0 Å². The van der Waals surface area contributed by atoms with E-state index in [9.17, 15) is 20.4 Å². The molecule has 0 radical (unpaired) electrons. The fourth-order valence-corrected chi connectivity index (χ4v) is 2.43. The maximum atomic E-state index is 9.77. The highest BCUT2D eigenvalue weighted by Gasteiger charge is 2.33. The van der Waals surface area contributed by atoms with E-state index in [0.29, 0.717) is 0 Å². The molecular weight excluding hydrogens is 314 g/mol. The molecular formula is C17H37NO6. The van der Waals surface area contributed by atoms with Gasteiger partial charge < -0.3 is 36.0 Å². The third-order valence-corrected chi connectivity index (χ3v) is 4.25. The Labute approximate surface area is 145 Å². The van der Waals surface area contributed by atoms with Crippen molar-refractivity contribution in [3.05, 3.63) is 0 Å². The third-order valence-electron chi connectivity index (χ3n) is 4.25. The average molecular weight is 351 g/mol. The lowest BCUT2D eigenvalue weighted by Crippen LogP contribution is -2.48. The largest absolute Gasteiger partial charge is 0.396 e. The maximum Gasteiger partial charge on any atom is 0.183 e. The fourth-order valence-electron chi connectivity index (χ4n) is 2.43. The number of nitrogens with two attached hydrogens (primary N) is 1. The van der Waals surface area contributed by atoms with Crippen molar-refractivity contribution in [3.8, 4) is 0 Å². The van der Waals surface area contributed by atoms with Gasteiger partial charge in [-0.25, -0.2) is 0 Å². The summed E-state index contributed by atoms with van der Waals surface area (Å²) in [6.45, 7) is 2.25. The van der Waals surface area contributed by atoms with Gasteiger partial charge in [-0.2, -0.15) is 0 Å². The second-order valence-electron chi connectivity index (χ2n) is 6.51. The lowest BCUT2D eigenvalue weighted by Gasteiger charge is -2.28. The van der Waals surface area contributed by atoms with Gasteiger partial charge in [0.25, 0.3) is 0 Å². The minimum absolute atomic E-state index is 0.282. The van der Waals surface area contributed by atoms with Crippen LogP contribution in [0.1, 0.15) is 58.3 Å². The second kappa shape index (κ2) is 15.0. The molecule has 146 valence electrons. The van der Waals surface area contributed by atoms with Crippen LogP contribution in [0.4, 0.5) is 0 Å². The van der Waals surface area contributed by atoms with Crippen molar-refractivity contribution < 1.29 is 30.3 Å². The highest BCUT2D eigenvalue weighted by atomic mass is 16.6. The number of aliphatic hydroxyl groups is 5. The predicted molar refractivity (Wildman–Crippen MR) is 92.2 cm³/mol. The lowest BCUT2D eigenvalue weighted by molar-refractivity contribution is -0.207. The summed E-state index contributed by atoms with van der Waals surface area (Å²) >= 11 is 0. The van der Waals surface area contributed by atoms with Crippen LogP contribution < -0.4 is 5.73 Å². The van der Waals surface area contributed by atoms with Crippen LogP contribution in [-0.4, -0.2) is 69.9 Å². The van der Waals surface area contributed by atoms with E-state index < -0.39 is 30.5 Å². The Morgan fingerprint density at radius 1 is 0.750 bits per heavy atom. The van der Waals surface area contributed by atoms with Gasteiger partial charge in [0.15, 0.2) is 6.29 Å². The Kier molecular flexibility index (Phi) is 14.8. The molecule has 0 amide bonds. The molecule has 0 saturated carbocycles. The summed E-state index contributed by atoms with van der Waals surface area (Å²) in [5.41, 5.74) is 5.43. The van der Waals surface area contributed by atoms with Gasteiger partial charge in [0.05, 0.1) is 6.10 Å². The first-order chi connectivity index (χ1) is 11.5. The zero-order chi connectivity index (χ0) is 18.4. The standard InChI is InChI=1S/C17H37NO6/c1-13(12-19)14(20)15(21)16(22)17(23)24-11-9-7-5-3-2-4-6-8-10-18/h13-17,19-23H,2-12,18H2,1H3. The summed E-state index contributed by atoms with van der Waals surface area (Å²) in [6, 6.07) is 0. The van der Waals surface area contributed by atoms with Crippen LogP contribution in [0.25, 0.3) is 0 Å². The van der Waals surface area contributed by atoms with Crippen LogP contribution >= 0.6 is 0 Å². The molecule has 0 heterocycles. The monoisotopic (exact) mass is 351 g/mol. The SMILES string of the molecule is CC(CO)C(O)C(O)C(O)C(O)OCCCCCCCCCCN. The molecule has 0 aliphatic rings. The van der Waals surface area contributed by atoms with E-state index in [-0.39, 0.29) is 13.2 Å². The predicted octanol–water partition coefficient (Wildman–Crippen LogP) is 0.112. The lowest BCUT2D eigenvalue weighted by atomic mass is 9.97. The Hall–Kier alpha value is -0.280.